The second-order valence-corrected chi connectivity index (χ2v) is 10.0. The molecule has 2 aromatic carbocycles. The predicted molar refractivity (Wildman–Crippen MR) is 137 cm³/mol. The molecule has 4 aromatic rings. The van der Waals surface area contributed by atoms with E-state index < -0.39 is 10.8 Å². The van der Waals surface area contributed by atoms with Crippen LogP contribution in [0.1, 0.15) is 16.1 Å². The van der Waals surface area contributed by atoms with Crippen molar-refractivity contribution in [3.05, 3.63) is 76.9 Å². The molecule has 174 valence electrons. The van der Waals surface area contributed by atoms with E-state index in [1.807, 2.05) is 67.6 Å². The van der Waals surface area contributed by atoms with Gasteiger partial charge in [0.05, 0.1) is 16.4 Å². The smallest absolute Gasteiger partial charge is 0.229 e. The minimum atomic E-state index is -0.973. The van der Waals surface area contributed by atoms with E-state index in [0.29, 0.717) is 28.1 Å². The van der Waals surface area contributed by atoms with Gasteiger partial charge in [-0.2, -0.15) is 4.98 Å². The van der Waals surface area contributed by atoms with E-state index in [0.717, 1.165) is 27.6 Å². The number of aromatic nitrogens is 4. The first-order valence-corrected chi connectivity index (χ1v) is 12.7. The van der Waals surface area contributed by atoms with Crippen molar-refractivity contribution >= 4 is 45.7 Å². The predicted octanol–water partition coefficient (Wildman–Crippen LogP) is 3.99. The van der Waals surface area contributed by atoms with Gasteiger partial charge in [-0.05, 0) is 42.7 Å². The summed E-state index contributed by atoms with van der Waals surface area (Å²) in [5.74, 6) is 1.29. The van der Waals surface area contributed by atoms with Crippen LogP contribution in [-0.2, 0) is 17.2 Å². The maximum atomic E-state index is 12.0. The zero-order chi connectivity index (χ0) is 23.9. The minimum Gasteiger partial charge on any atom is -0.396 e. The van der Waals surface area contributed by atoms with E-state index in [1.54, 1.807) is 6.20 Å². The average molecular weight is 493 g/mol. The largest absolute Gasteiger partial charge is 0.396 e. The van der Waals surface area contributed by atoms with E-state index in [9.17, 15) is 4.21 Å². The monoisotopic (exact) mass is 492 g/mol. The number of fused-ring (bicyclic) bond motifs is 1. The van der Waals surface area contributed by atoms with Crippen molar-refractivity contribution in [2.75, 3.05) is 23.4 Å². The molecular weight excluding hydrogens is 468 g/mol. The third-order valence-corrected chi connectivity index (χ3v) is 7.10. The molecule has 5 rings (SSSR count). The molecule has 0 saturated heterocycles. The highest BCUT2D eigenvalue weighted by Crippen LogP contribution is 2.29. The number of anilines is 3. The lowest BCUT2D eigenvalue weighted by Crippen LogP contribution is -2.05. The van der Waals surface area contributed by atoms with Crippen molar-refractivity contribution in [1.82, 2.24) is 20.2 Å². The number of aryl methyl sites for hydroxylation is 1. The third-order valence-electron chi connectivity index (χ3n) is 4.87. The summed E-state index contributed by atoms with van der Waals surface area (Å²) in [6.07, 6.45) is 6.28. The van der Waals surface area contributed by atoms with Gasteiger partial charge in [0, 0.05) is 29.1 Å². The lowest BCUT2D eigenvalue weighted by molar-refractivity contribution is 0.299. The molecule has 0 spiro atoms. The van der Waals surface area contributed by atoms with Crippen molar-refractivity contribution in [1.29, 1.82) is 0 Å². The van der Waals surface area contributed by atoms with Crippen LogP contribution in [0.4, 0.5) is 17.5 Å². The average Bonchev–Trinajstić information content (AvgIpc) is 3.26. The molecular formula is C24H24N6O2S2. The summed E-state index contributed by atoms with van der Waals surface area (Å²) in [6.45, 7) is 2.12. The number of hydrogen-bond acceptors (Lipinski definition) is 9. The Morgan fingerprint density at radius 2 is 2.00 bits per heavy atom. The van der Waals surface area contributed by atoms with Crippen LogP contribution < -0.4 is 11.1 Å². The number of benzene rings is 2. The molecule has 0 bridgehead atoms. The summed E-state index contributed by atoms with van der Waals surface area (Å²) in [5.41, 5.74) is 9.64. The quantitative estimate of drug-likeness (QED) is 0.382. The SMILES string of the molecule is Cc1nnc(-c2cnc(Nc3ccc4c(c3)C=CCS4=O)nc2N)s1.OCCc1ccccc1. The Morgan fingerprint density at radius 3 is 2.71 bits per heavy atom. The number of nitrogens with one attached hydrogen (secondary N) is 1. The van der Waals surface area contributed by atoms with Crippen LogP contribution in [0.3, 0.4) is 0 Å². The molecule has 1 unspecified atom stereocenters. The molecule has 8 nitrogen and oxygen atoms in total. The molecule has 0 radical (unpaired) electrons. The molecule has 0 amide bonds. The zero-order valence-corrected chi connectivity index (χ0v) is 20.1. The molecule has 2 aromatic heterocycles. The van der Waals surface area contributed by atoms with Crippen LogP contribution >= 0.6 is 11.3 Å². The van der Waals surface area contributed by atoms with Crippen LogP contribution in [0.5, 0.6) is 0 Å². The molecule has 0 saturated carbocycles. The van der Waals surface area contributed by atoms with Crippen LogP contribution in [0.25, 0.3) is 16.6 Å². The molecule has 34 heavy (non-hydrogen) atoms. The van der Waals surface area contributed by atoms with E-state index in [1.165, 1.54) is 16.9 Å². The molecule has 0 aliphatic carbocycles. The summed E-state index contributed by atoms with van der Waals surface area (Å²) >= 11 is 1.44. The van der Waals surface area contributed by atoms with E-state index >= 15 is 0 Å². The zero-order valence-electron chi connectivity index (χ0n) is 18.5. The molecule has 1 aliphatic heterocycles. The van der Waals surface area contributed by atoms with E-state index in [-0.39, 0.29) is 6.61 Å². The molecule has 10 heteroatoms. The number of hydrogen-bond donors (Lipinski definition) is 3. The first-order chi connectivity index (χ1) is 16.5. The van der Waals surface area contributed by atoms with Gasteiger partial charge >= 0.3 is 0 Å². The van der Waals surface area contributed by atoms with Crippen LogP contribution in [0, 0.1) is 6.92 Å². The van der Waals surface area contributed by atoms with Gasteiger partial charge in [-0.15, -0.1) is 10.2 Å². The van der Waals surface area contributed by atoms with Gasteiger partial charge in [-0.3, -0.25) is 4.21 Å². The summed E-state index contributed by atoms with van der Waals surface area (Å²) in [7, 11) is -0.973. The van der Waals surface area contributed by atoms with Crippen molar-refractivity contribution in [3.63, 3.8) is 0 Å². The number of aliphatic hydroxyl groups is 1. The van der Waals surface area contributed by atoms with Gasteiger partial charge in [-0.25, -0.2) is 4.98 Å². The molecule has 3 heterocycles. The minimum absolute atomic E-state index is 0.240. The Bertz CT molecular complexity index is 1320. The van der Waals surface area contributed by atoms with Gasteiger partial charge in [0.2, 0.25) is 5.95 Å². The van der Waals surface area contributed by atoms with Crippen molar-refractivity contribution in [3.8, 4) is 10.6 Å². The first-order valence-electron chi connectivity index (χ1n) is 10.6. The second kappa shape index (κ2) is 11.1. The first kappa shape index (κ1) is 23.7. The van der Waals surface area contributed by atoms with E-state index in [4.69, 9.17) is 10.8 Å². The Kier molecular flexibility index (Phi) is 7.73. The lowest BCUT2D eigenvalue weighted by Gasteiger charge is -2.12. The summed E-state index contributed by atoms with van der Waals surface area (Å²) in [5, 5.41) is 21.2. The van der Waals surface area contributed by atoms with Gasteiger partial charge in [0.1, 0.15) is 10.8 Å². The van der Waals surface area contributed by atoms with Gasteiger partial charge in [-0.1, -0.05) is 53.8 Å². The topological polar surface area (TPSA) is 127 Å². The maximum absolute atomic E-state index is 12.0. The van der Waals surface area contributed by atoms with Gasteiger partial charge in [0.25, 0.3) is 0 Å². The standard InChI is InChI=1S/C16H14N6OS2.C8H10O/c1-9-21-22-15(24-9)12-8-18-16(20-14(12)17)19-11-4-5-13-10(7-11)3-2-6-25(13)23;9-7-6-8-4-2-1-3-5-8/h2-5,7-8H,6H2,1H3,(H3,17,18,19,20);1-5,9H,6-7H2. The van der Waals surface area contributed by atoms with Crippen LogP contribution in [0.15, 0.2) is 65.7 Å². The third kappa shape index (κ3) is 5.90. The molecule has 1 aliphatic rings. The summed E-state index contributed by atoms with van der Waals surface area (Å²) < 4.78 is 12.0. The Labute approximate surface area is 204 Å². The Hall–Kier alpha value is -3.47. The van der Waals surface area contributed by atoms with Crippen LogP contribution in [-0.4, -0.2) is 41.8 Å². The molecule has 4 N–H and O–H groups in total. The number of nitrogens with zero attached hydrogens (tertiary/aromatic N) is 4. The fraction of sp³-hybridized carbons (Fsp3) is 0.167. The highest BCUT2D eigenvalue weighted by atomic mass is 32.2. The van der Waals surface area contributed by atoms with Crippen molar-refractivity contribution in [2.45, 2.75) is 18.2 Å². The number of aliphatic hydroxyl groups excluding tert-OH is 1. The Morgan fingerprint density at radius 1 is 1.18 bits per heavy atom. The van der Waals surface area contributed by atoms with Gasteiger partial charge in [0.15, 0.2) is 5.01 Å². The maximum Gasteiger partial charge on any atom is 0.229 e. The normalized spacial score (nSPS) is 14.1. The lowest BCUT2D eigenvalue weighted by atomic mass is 10.2. The summed E-state index contributed by atoms with van der Waals surface area (Å²) in [4.78, 5) is 9.45. The molecule has 0 fully saturated rings. The number of nitrogens with two attached hydrogens (primary N) is 1. The number of rotatable bonds is 5. The van der Waals surface area contributed by atoms with Crippen molar-refractivity contribution < 1.29 is 9.32 Å². The summed E-state index contributed by atoms with van der Waals surface area (Å²) in [6, 6.07) is 15.6. The number of nitrogen functional groups attached to an aromatic ring is 1. The Balaban J connectivity index is 0.000000257. The van der Waals surface area contributed by atoms with Crippen molar-refractivity contribution in [2.24, 2.45) is 0 Å². The molecule has 1 atom stereocenters. The fourth-order valence-electron chi connectivity index (χ4n) is 3.24. The fourth-order valence-corrected chi connectivity index (χ4v) is 5.01. The van der Waals surface area contributed by atoms with Gasteiger partial charge < -0.3 is 16.2 Å². The second-order valence-electron chi connectivity index (χ2n) is 7.37. The van der Waals surface area contributed by atoms with E-state index in [2.05, 4.69) is 25.5 Å². The highest BCUT2D eigenvalue weighted by molar-refractivity contribution is 7.85. The van der Waals surface area contributed by atoms with Crippen LogP contribution in [0.2, 0.25) is 0 Å². The highest BCUT2D eigenvalue weighted by Gasteiger charge is 2.14.